The van der Waals surface area contributed by atoms with Crippen molar-refractivity contribution in [3.8, 4) is 0 Å². The smallest absolute Gasteiger partial charge is 0.228 e. The lowest BCUT2D eigenvalue weighted by molar-refractivity contribution is -0.136. The summed E-state index contributed by atoms with van der Waals surface area (Å²) in [4.78, 5) is 12.6. The fourth-order valence-electron chi connectivity index (χ4n) is 3.07. The second-order valence-electron chi connectivity index (χ2n) is 5.89. The molecule has 2 fully saturated rings. The first-order chi connectivity index (χ1) is 9.16. The summed E-state index contributed by atoms with van der Waals surface area (Å²) in [5.41, 5.74) is -0.316. The third kappa shape index (κ3) is 3.26. The number of ether oxygens (including phenoxy) is 1. The molecule has 1 aliphatic heterocycles. The van der Waals surface area contributed by atoms with Gasteiger partial charge in [0, 0.05) is 18.4 Å². The van der Waals surface area contributed by atoms with E-state index in [0.29, 0.717) is 11.4 Å². The van der Waals surface area contributed by atoms with Crippen molar-refractivity contribution >= 4 is 17.7 Å². The lowest BCUT2D eigenvalue weighted by atomic mass is 9.78. The van der Waals surface area contributed by atoms with E-state index in [4.69, 9.17) is 4.74 Å². The van der Waals surface area contributed by atoms with Crippen molar-refractivity contribution in [3.63, 3.8) is 0 Å². The Morgan fingerprint density at radius 3 is 2.47 bits per heavy atom. The quantitative estimate of drug-likeness (QED) is 0.775. The maximum atomic E-state index is 12.6. The maximum Gasteiger partial charge on any atom is 0.228 e. The number of thioether (sulfide) groups is 1. The second kappa shape index (κ2) is 6.46. The minimum absolute atomic E-state index is 0.191. The van der Waals surface area contributed by atoms with Crippen LogP contribution >= 0.6 is 11.8 Å². The number of amides is 1. The third-order valence-electron chi connectivity index (χ3n) is 4.73. The van der Waals surface area contributed by atoms with E-state index in [1.54, 1.807) is 7.11 Å². The first-order valence-electron chi connectivity index (χ1n) is 7.20. The fraction of sp³-hybridized carbons (Fsp3) is 0.929. The Kier molecular flexibility index (Phi) is 5.15. The average Bonchev–Trinajstić information content (AvgIpc) is 2.39. The van der Waals surface area contributed by atoms with Gasteiger partial charge in [-0.3, -0.25) is 4.79 Å². The zero-order valence-electron chi connectivity index (χ0n) is 12.1. The number of rotatable bonds is 6. The van der Waals surface area contributed by atoms with E-state index in [0.717, 1.165) is 32.5 Å². The Balaban J connectivity index is 1.92. The van der Waals surface area contributed by atoms with Gasteiger partial charge in [0.15, 0.2) is 0 Å². The van der Waals surface area contributed by atoms with Gasteiger partial charge in [0.2, 0.25) is 5.91 Å². The van der Waals surface area contributed by atoms with Gasteiger partial charge in [-0.1, -0.05) is 6.42 Å². The summed E-state index contributed by atoms with van der Waals surface area (Å²) in [5, 5.41) is 6.52. The molecule has 0 atom stereocenters. The number of methoxy groups -OCH3 is 1. The number of hydrogen-bond acceptors (Lipinski definition) is 4. The highest BCUT2D eigenvalue weighted by atomic mass is 32.2. The van der Waals surface area contributed by atoms with Crippen LogP contribution in [-0.2, 0) is 9.53 Å². The molecule has 1 amide bonds. The van der Waals surface area contributed by atoms with Gasteiger partial charge in [0.1, 0.15) is 0 Å². The monoisotopic (exact) mass is 286 g/mol. The van der Waals surface area contributed by atoms with Crippen molar-refractivity contribution in [2.75, 3.05) is 39.6 Å². The van der Waals surface area contributed by atoms with Crippen LogP contribution in [0.2, 0.25) is 0 Å². The van der Waals surface area contributed by atoms with Gasteiger partial charge in [-0.25, -0.2) is 0 Å². The van der Waals surface area contributed by atoms with Crippen molar-refractivity contribution in [2.24, 2.45) is 5.41 Å². The highest BCUT2D eigenvalue weighted by Crippen LogP contribution is 2.42. The lowest BCUT2D eigenvalue weighted by Gasteiger charge is -2.42. The van der Waals surface area contributed by atoms with Crippen LogP contribution < -0.4 is 10.6 Å². The van der Waals surface area contributed by atoms with Gasteiger partial charge in [-0.05, 0) is 45.0 Å². The number of piperidine rings is 1. The summed E-state index contributed by atoms with van der Waals surface area (Å²) in [6, 6.07) is 0. The highest BCUT2D eigenvalue weighted by Gasteiger charge is 2.42. The molecule has 5 heteroatoms. The molecule has 2 aliphatic rings. The maximum absolute atomic E-state index is 12.6. The number of nitrogens with one attached hydrogen (secondary N) is 2. The standard InChI is InChI=1S/C14H26N2O2S/c1-18-11-13(6-8-15-9-7-13)12(17)16-10-14(19-2)4-3-5-14/h15H,3-11H2,1-2H3,(H,16,17). The summed E-state index contributed by atoms with van der Waals surface area (Å²) >= 11 is 1.90. The molecule has 1 aliphatic carbocycles. The molecule has 1 saturated carbocycles. The molecule has 0 spiro atoms. The van der Waals surface area contributed by atoms with Crippen molar-refractivity contribution in [2.45, 2.75) is 36.9 Å². The molecule has 0 unspecified atom stereocenters. The minimum atomic E-state index is -0.316. The van der Waals surface area contributed by atoms with E-state index in [1.165, 1.54) is 19.3 Å². The van der Waals surface area contributed by atoms with Gasteiger partial charge in [-0.2, -0.15) is 11.8 Å². The summed E-state index contributed by atoms with van der Waals surface area (Å²) in [7, 11) is 1.69. The largest absolute Gasteiger partial charge is 0.384 e. The summed E-state index contributed by atoms with van der Waals surface area (Å²) < 4.78 is 5.61. The van der Waals surface area contributed by atoms with E-state index in [1.807, 2.05) is 11.8 Å². The molecule has 0 aromatic heterocycles. The molecule has 1 saturated heterocycles. The lowest BCUT2D eigenvalue weighted by Crippen LogP contribution is -2.53. The van der Waals surface area contributed by atoms with E-state index >= 15 is 0 Å². The normalized spacial score (nSPS) is 24.5. The Morgan fingerprint density at radius 1 is 1.32 bits per heavy atom. The van der Waals surface area contributed by atoms with Crippen molar-refractivity contribution < 1.29 is 9.53 Å². The fourth-order valence-corrected chi connectivity index (χ4v) is 3.99. The van der Waals surface area contributed by atoms with Crippen LogP contribution in [0.4, 0.5) is 0 Å². The van der Waals surface area contributed by atoms with Crippen molar-refractivity contribution in [3.05, 3.63) is 0 Å². The predicted molar refractivity (Wildman–Crippen MR) is 79.5 cm³/mol. The van der Waals surface area contributed by atoms with Gasteiger partial charge in [-0.15, -0.1) is 0 Å². The number of carbonyl (C=O) groups is 1. The van der Waals surface area contributed by atoms with Crippen LogP contribution in [0.3, 0.4) is 0 Å². The Hall–Kier alpha value is -0.260. The second-order valence-corrected chi connectivity index (χ2v) is 7.16. The zero-order valence-corrected chi connectivity index (χ0v) is 12.9. The van der Waals surface area contributed by atoms with Crippen LogP contribution in [0.1, 0.15) is 32.1 Å². The SMILES string of the molecule is COCC1(C(=O)NCC2(SC)CCC2)CCNCC1. The van der Waals surface area contributed by atoms with Crippen molar-refractivity contribution in [1.29, 1.82) is 0 Å². The van der Waals surface area contributed by atoms with Gasteiger partial charge >= 0.3 is 0 Å². The topological polar surface area (TPSA) is 50.4 Å². The molecule has 2 rings (SSSR count). The summed E-state index contributed by atoms with van der Waals surface area (Å²) in [5.74, 6) is 0.191. The zero-order chi connectivity index (χ0) is 13.8. The first-order valence-corrected chi connectivity index (χ1v) is 8.42. The van der Waals surface area contributed by atoms with E-state index in [-0.39, 0.29) is 11.3 Å². The molecule has 1 heterocycles. The van der Waals surface area contributed by atoms with E-state index < -0.39 is 0 Å². The predicted octanol–water partition coefficient (Wildman–Crippen LogP) is 1.40. The molecule has 0 aromatic carbocycles. The molecule has 0 bridgehead atoms. The van der Waals surface area contributed by atoms with Gasteiger partial charge in [0.25, 0.3) is 0 Å². The molecular formula is C14H26N2O2S. The first kappa shape index (κ1) is 15.1. The van der Waals surface area contributed by atoms with Crippen LogP contribution in [0.5, 0.6) is 0 Å². The average molecular weight is 286 g/mol. The molecule has 19 heavy (non-hydrogen) atoms. The van der Waals surface area contributed by atoms with Gasteiger partial charge in [0.05, 0.1) is 12.0 Å². The van der Waals surface area contributed by atoms with Crippen molar-refractivity contribution in [1.82, 2.24) is 10.6 Å². The Morgan fingerprint density at radius 2 is 2.00 bits per heavy atom. The van der Waals surface area contributed by atoms with Crippen LogP contribution in [0.25, 0.3) is 0 Å². The molecule has 4 nitrogen and oxygen atoms in total. The minimum Gasteiger partial charge on any atom is -0.384 e. The summed E-state index contributed by atoms with van der Waals surface area (Å²) in [6.45, 7) is 3.16. The third-order valence-corrected chi connectivity index (χ3v) is 6.15. The Labute approximate surface area is 120 Å². The molecule has 0 aromatic rings. The summed E-state index contributed by atoms with van der Waals surface area (Å²) in [6.07, 6.45) is 7.66. The van der Waals surface area contributed by atoms with Gasteiger partial charge < -0.3 is 15.4 Å². The van der Waals surface area contributed by atoms with E-state index in [9.17, 15) is 4.79 Å². The molecular weight excluding hydrogens is 260 g/mol. The number of hydrogen-bond donors (Lipinski definition) is 2. The van der Waals surface area contributed by atoms with E-state index in [2.05, 4.69) is 16.9 Å². The molecule has 110 valence electrons. The van der Waals surface area contributed by atoms with Crippen LogP contribution in [0, 0.1) is 5.41 Å². The number of carbonyl (C=O) groups excluding carboxylic acids is 1. The molecule has 2 N–H and O–H groups in total. The van der Waals surface area contributed by atoms with Crippen LogP contribution in [-0.4, -0.2) is 50.3 Å². The Bertz CT molecular complexity index is 302. The molecule has 0 radical (unpaired) electrons. The van der Waals surface area contributed by atoms with Crippen LogP contribution in [0.15, 0.2) is 0 Å². The highest BCUT2D eigenvalue weighted by molar-refractivity contribution is 8.00.